The third kappa shape index (κ3) is 3.95. The lowest BCUT2D eigenvalue weighted by Crippen LogP contribution is -2.36. The zero-order chi connectivity index (χ0) is 21.1. The largest absolute Gasteiger partial charge is 0.324 e. The van der Waals surface area contributed by atoms with E-state index in [2.05, 4.69) is 5.32 Å². The fourth-order valence-electron chi connectivity index (χ4n) is 3.11. The predicted molar refractivity (Wildman–Crippen MR) is 116 cm³/mol. The number of nitriles is 1. The van der Waals surface area contributed by atoms with Crippen LogP contribution < -0.4 is 5.32 Å². The Morgan fingerprint density at radius 1 is 1.03 bits per heavy atom. The first-order chi connectivity index (χ1) is 14.5. The van der Waals surface area contributed by atoms with E-state index >= 15 is 0 Å². The van der Waals surface area contributed by atoms with Crippen LogP contribution in [0.4, 0.5) is 10.5 Å². The fourth-order valence-corrected chi connectivity index (χ4v) is 3.95. The molecule has 1 aliphatic rings. The Morgan fingerprint density at radius 2 is 1.77 bits per heavy atom. The Labute approximate surface area is 176 Å². The van der Waals surface area contributed by atoms with E-state index in [-0.39, 0.29) is 11.4 Å². The third-order valence-corrected chi connectivity index (χ3v) is 5.48. The van der Waals surface area contributed by atoms with Gasteiger partial charge in [-0.3, -0.25) is 19.3 Å². The van der Waals surface area contributed by atoms with Gasteiger partial charge in [-0.1, -0.05) is 48.5 Å². The lowest BCUT2D eigenvalue weighted by atomic mass is 10.1. The summed E-state index contributed by atoms with van der Waals surface area (Å²) in [6.45, 7) is -0.363. The number of nitrogens with zero attached hydrogens (tertiary/aromatic N) is 2. The summed E-state index contributed by atoms with van der Waals surface area (Å²) in [6.07, 6.45) is 1.58. The summed E-state index contributed by atoms with van der Waals surface area (Å²) in [5, 5.41) is 13.0. The molecule has 0 bridgehead atoms. The number of imide groups is 1. The summed E-state index contributed by atoms with van der Waals surface area (Å²) >= 11 is 0.791. The first-order valence-electron chi connectivity index (χ1n) is 9.08. The molecule has 0 aromatic heterocycles. The highest BCUT2D eigenvalue weighted by Crippen LogP contribution is 2.32. The molecule has 1 saturated heterocycles. The van der Waals surface area contributed by atoms with Crippen LogP contribution in [0.25, 0.3) is 16.8 Å². The van der Waals surface area contributed by atoms with Gasteiger partial charge in [0.05, 0.1) is 16.5 Å². The van der Waals surface area contributed by atoms with Gasteiger partial charge in [0.15, 0.2) is 0 Å². The zero-order valence-electron chi connectivity index (χ0n) is 15.7. The molecule has 0 atom stereocenters. The van der Waals surface area contributed by atoms with E-state index in [0.29, 0.717) is 16.8 Å². The lowest BCUT2D eigenvalue weighted by molar-refractivity contribution is -0.127. The van der Waals surface area contributed by atoms with E-state index in [4.69, 9.17) is 5.26 Å². The Hall–Kier alpha value is -3.89. The van der Waals surface area contributed by atoms with Gasteiger partial charge in [0, 0.05) is 11.1 Å². The maximum absolute atomic E-state index is 12.6. The van der Waals surface area contributed by atoms with Crippen molar-refractivity contribution in [3.05, 3.63) is 82.8 Å². The van der Waals surface area contributed by atoms with Gasteiger partial charge in [0.2, 0.25) is 5.91 Å². The summed E-state index contributed by atoms with van der Waals surface area (Å²) in [4.78, 5) is 38.6. The highest BCUT2D eigenvalue weighted by Gasteiger charge is 2.36. The molecule has 3 aromatic rings. The van der Waals surface area contributed by atoms with Gasteiger partial charge in [-0.25, -0.2) is 0 Å². The molecule has 146 valence electrons. The number of carbonyl (C=O) groups excluding carboxylic acids is 3. The molecule has 6 nitrogen and oxygen atoms in total. The van der Waals surface area contributed by atoms with Crippen molar-refractivity contribution in [3.8, 4) is 6.07 Å². The maximum Gasteiger partial charge on any atom is 0.294 e. The second-order valence-corrected chi connectivity index (χ2v) is 7.57. The van der Waals surface area contributed by atoms with Crippen LogP contribution in [0.15, 0.2) is 71.6 Å². The van der Waals surface area contributed by atoms with E-state index in [9.17, 15) is 14.4 Å². The van der Waals surface area contributed by atoms with Gasteiger partial charge in [0.1, 0.15) is 6.54 Å². The molecule has 0 saturated carbocycles. The summed E-state index contributed by atoms with van der Waals surface area (Å²) in [5.41, 5.74) is 1.82. The molecule has 1 aliphatic heterocycles. The quantitative estimate of drug-likeness (QED) is 0.641. The second kappa shape index (κ2) is 8.23. The molecule has 1 heterocycles. The van der Waals surface area contributed by atoms with Crippen molar-refractivity contribution in [3.63, 3.8) is 0 Å². The Kier molecular flexibility index (Phi) is 5.33. The Bertz CT molecular complexity index is 1240. The summed E-state index contributed by atoms with van der Waals surface area (Å²) in [5.74, 6) is -0.962. The molecule has 0 radical (unpaired) electrons. The van der Waals surface area contributed by atoms with Crippen LogP contribution in [-0.4, -0.2) is 28.5 Å². The number of amides is 3. The van der Waals surface area contributed by atoms with Crippen LogP contribution in [0, 0.1) is 11.3 Å². The zero-order valence-corrected chi connectivity index (χ0v) is 16.5. The van der Waals surface area contributed by atoms with Gasteiger partial charge < -0.3 is 5.32 Å². The fraction of sp³-hybridized carbons (Fsp3) is 0.0435. The second-order valence-electron chi connectivity index (χ2n) is 6.58. The van der Waals surface area contributed by atoms with Crippen LogP contribution in [-0.2, 0) is 9.59 Å². The van der Waals surface area contributed by atoms with E-state index in [0.717, 1.165) is 27.4 Å². The number of carbonyl (C=O) groups is 3. The van der Waals surface area contributed by atoms with Crippen LogP contribution in [0.2, 0.25) is 0 Å². The number of hydrogen-bond donors (Lipinski definition) is 1. The Balaban J connectivity index is 1.48. The average molecular weight is 413 g/mol. The number of anilines is 1. The normalized spacial score (nSPS) is 14.9. The number of fused-ring (bicyclic) bond motifs is 1. The van der Waals surface area contributed by atoms with Gasteiger partial charge in [-0.05, 0) is 47.0 Å². The first kappa shape index (κ1) is 19.4. The number of rotatable bonds is 4. The highest BCUT2D eigenvalue weighted by molar-refractivity contribution is 8.18. The first-order valence-corrected chi connectivity index (χ1v) is 9.90. The minimum atomic E-state index is -0.512. The van der Waals surface area contributed by atoms with Crippen molar-refractivity contribution in [2.75, 3.05) is 11.9 Å². The molecule has 3 amide bonds. The monoisotopic (exact) mass is 413 g/mol. The summed E-state index contributed by atoms with van der Waals surface area (Å²) < 4.78 is 0. The van der Waals surface area contributed by atoms with Crippen LogP contribution >= 0.6 is 11.8 Å². The molecular formula is C23H15N3O3S. The highest BCUT2D eigenvalue weighted by atomic mass is 32.2. The Morgan fingerprint density at radius 3 is 2.53 bits per heavy atom. The minimum Gasteiger partial charge on any atom is -0.324 e. The van der Waals surface area contributed by atoms with Crippen LogP contribution in [0.5, 0.6) is 0 Å². The van der Waals surface area contributed by atoms with Crippen molar-refractivity contribution >= 4 is 51.4 Å². The average Bonchev–Trinajstić information content (AvgIpc) is 3.02. The van der Waals surface area contributed by atoms with Gasteiger partial charge in [-0.2, -0.15) is 5.26 Å². The van der Waals surface area contributed by atoms with Crippen LogP contribution in [0.3, 0.4) is 0 Å². The van der Waals surface area contributed by atoms with Gasteiger partial charge in [0.25, 0.3) is 11.1 Å². The molecule has 1 fully saturated rings. The van der Waals surface area contributed by atoms with E-state index in [1.54, 1.807) is 36.4 Å². The standard InChI is InChI=1S/C23H15N3O3S/c24-13-16-10-8-15(9-11-16)12-20-22(28)26(23(29)30-20)14-21(27)25-19-7-3-5-17-4-1-2-6-18(17)19/h1-12H,14H2,(H,25,27)/b20-12+. The predicted octanol–water partition coefficient (Wildman–Crippen LogP) is 4.39. The summed E-state index contributed by atoms with van der Waals surface area (Å²) in [6, 6.07) is 21.8. The van der Waals surface area contributed by atoms with E-state index < -0.39 is 17.1 Å². The lowest BCUT2D eigenvalue weighted by Gasteiger charge is -2.13. The molecule has 0 spiro atoms. The molecule has 0 unspecified atom stereocenters. The SMILES string of the molecule is N#Cc1ccc(/C=C2/SC(=O)N(CC(=O)Nc3cccc4ccccc34)C2=O)cc1. The van der Waals surface area contributed by atoms with Crippen molar-refractivity contribution in [2.24, 2.45) is 0 Å². The third-order valence-electron chi connectivity index (χ3n) is 4.58. The van der Waals surface area contributed by atoms with E-state index in [1.807, 2.05) is 42.5 Å². The smallest absolute Gasteiger partial charge is 0.294 e. The molecule has 30 heavy (non-hydrogen) atoms. The van der Waals surface area contributed by atoms with E-state index in [1.165, 1.54) is 0 Å². The molecule has 3 aromatic carbocycles. The van der Waals surface area contributed by atoms with Crippen molar-refractivity contribution < 1.29 is 14.4 Å². The molecule has 4 rings (SSSR count). The van der Waals surface area contributed by atoms with Crippen LogP contribution in [0.1, 0.15) is 11.1 Å². The number of nitrogens with one attached hydrogen (secondary N) is 1. The molecule has 0 aliphatic carbocycles. The van der Waals surface area contributed by atoms with Crippen molar-refractivity contribution in [1.82, 2.24) is 4.90 Å². The summed E-state index contributed by atoms with van der Waals surface area (Å²) in [7, 11) is 0. The van der Waals surface area contributed by atoms with Gasteiger partial charge >= 0.3 is 0 Å². The molecule has 7 heteroatoms. The topological polar surface area (TPSA) is 90.3 Å². The number of benzene rings is 3. The molecular weight excluding hydrogens is 398 g/mol. The minimum absolute atomic E-state index is 0.239. The maximum atomic E-state index is 12.6. The van der Waals surface area contributed by atoms with Gasteiger partial charge in [-0.15, -0.1) is 0 Å². The van der Waals surface area contributed by atoms with Crippen molar-refractivity contribution in [1.29, 1.82) is 5.26 Å². The number of thioether (sulfide) groups is 1. The number of hydrogen-bond acceptors (Lipinski definition) is 5. The van der Waals surface area contributed by atoms with Crippen molar-refractivity contribution in [2.45, 2.75) is 0 Å². The molecule has 1 N–H and O–H groups in total.